The molecule has 2 heteroatoms. The molecule has 0 fully saturated rings. The molecule has 0 aliphatic heterocycles. The van der Waals surface area contributed by atoms with Crippen LogP contribution in [-0.2, 0) is 9.59 Å². The van der Waals surface area contributed by atoms with Gasteiger partial charge in [0.2, 0.25) is 0 Å². The number of carbonyl (C=O) groups excluding carboxylic acids is 2. The number of Topliss-reactive ketones (excluding diaryl/α,β-unsaturated/α-hetero) is 2. The first kappa shape index (κ1) is 10.2. The zero-order chi connectivity index (χ0) is 10.0. The van der Waals surface area contributed by atoms with E-state index in [9.17, 15) is 9.59 Å². The fraction of sp³-hybridized carbons (Fsp3) is 0.636. The predicted octanol–water partition coefficient (Wildman–Crippen LogP) is 2.28. The van der Waals surface area contributed by atoms with E-state index < -0.39 is 0 Å². The molecule has 0 saturated carbocycles. The first-order valence-corrected chi connectivity index (χ1v) is 4.78. The zero-order valence-electron chi connectivity index (χ0n) is 8.52. The topological polar surface area (TPSA) is 34.1 Å². The molecule has 72 valence electrons. The standard InChI is InChI=1S/C11H16O2/c1-4-10-7(2)5-9(11(10)13)6-8(3)12/h9H,4-6H2,1-3H3. The molecule has 0 aromatic heterocycles. The SMILES string of the molecule is CCC1=C(C)CC(CC(C)=O)C1=O. The van der Waals surface area contributed by atoms with E-state index in [1.807, 2.05) is 13.8 Å². The maximum absolute atomic E-state index is 11.7. The van der Waals surface area contributed by atoms with E-state index >= 15 is 0 Å². The van der Waals surface area contributed by atoms with Crippen LogP contribution < -0.4 is 0 Å². The van der Waals surface area contributed by atoms with Gasteiger partial charge in [0.25, 0.3) is 0 Å². The van der Waals surface area contributed by atoms with Gasteiger partial charge in [0.15, 0.2) is 5.78 Å². The summed E-state index contributed by atoms with van der Waals surface area (Å²) in [5.74, 6) is 0.270. The van der Waals surface area contributed by atoms with E-state index in [4.69, 9.17) is 0 Å². The lowest BCUT2D eigenvalue weighted by molar-refractivity contribution is -0.124. The minimum absolute atomic E-state index is 0.0487. The van der Waals surface area contributed by atoms with Gasteiger partial charge in [-0.05, 0) is 32.3 Å². The minimum atomic E-state index is -0.0487. The van der Waals surface area contributed by atoms with Crippen LogP contribution in [0.5, 0.6) is 0 Å². The molecule has 1 atom stereocenters. The summed E-state index contributed by atoms with van der Waals surface area (Å²) >= 11 is 0. The third-order valence-corrected chi connectivity index (χ3v) is 2.62. The smallest absolute Gasteiger partial charge is 0.162 e. The molecule has 1 unspecified atom stereocenters. The normalized spacial score (nSPS) is 22.7. The van der Waals surface area contributed by atoms with Gasteiger partial charge in [-0.1, -0.05) is 12.5 Å². The maximum atomic E-state index is 11.7. The average Bonchev–Trinajstić information content (AvgIpc) is 2.26. The third-order valence-electron chi connectivity index (χ3n) is 2.62. The molecule has 0 radical (unpaired) electrons. The van der Waals surface area contributed by atoms with Crippen LogP contribution in [0.2, 0.25) is 0 Å². The molecule has 13 heavy (non-hydrogen) atoms. The number of allylic oxidation sites excluding steroid dienone is 2. The highest BCUT2D eigenvalue weighted by molar-refractivity contribution is 6.02. The monoisotopic (exact) mass is 180 g/mol. The Bertz CT molecular complexity index is 274. The van der Waals surface area contributed by atoms with Crippen LogP contribution in [0.4, 0.5) is 0 Å². The van der Waals surface area contributed by atoms with Gasteiger partial charge in [0.1, 0.15) is 5.78 Å². The second-order valence-electron chi connectivity index (χ2n) is 3.78. The molecule has 1 rings (SSSR count). The Morgan fingerprint density at radius 1 is 1.54 bits per heavy atom. The molecular formula is C11H16O2. The molecule has 1 aliphatic carbocycles. The molecule has 0 N–H and O–H groups in total. The van der Waals surface area contributed by atoms with Crippen molar-refractivity contribution in [3.8, 4) is 0 Å². The van der Waals surface area contributed by atoms with E-state index in [2.05, 4.69) is 0 Å². The van der Waals surface area contributed by atoms with Gasteiger partial charge in [-0.15, -0.1) is 0 Å². The fourth-order valence-corrected chi connectivity index (χ4v) is 2.03. The second kappa shape index (κ2) is 3.86. The summed E-state index contributed by atoms with van der Waals surface area (Å²) in [4.78, 5) is 22.5. The summed E-state index contributed by atoms with van der Waals surface area (Å²) in [5, 5.41) is 0. The minimum Gasteiger partial charge on any atom is -0.300 e. The average molecular weight is 180 g/mol. The van der Waals surface area contributed by atoms with Gasteiger partial charge in [-0.25, -0.2) is 0 Å². The summed E-state index contributed by atoms with van der Waals surface area (Å²) in [6.07, 6.45) is 2.01. The van der Waals surface area contributed by atoms with E-state index in [-0.39, 0.29) is 17.5 Å². The molecule has 2 nitrogen and oxygen atoms in total. The summed E-state index contributed by atoms with van der Waals surface area (Å²) in [7, 11) is 0. The summed E-state index contributed by atoms with van der Waals surface area (Å²) in [6, 6.07) is 0. The van der Waals surface area contributed by atoms with Crippen molar-refractivity contribution >= 4 is 11.6 Å². The molecule has 0 heterocycles. The molecule has 0 aromatic rings. The van der Waals surface area contributed by atoms with Crippen LogP contribution in [0.1, 0.15) is 40.0 Å². The molecule has 0 amide bonds. The third kappa shape index (κ3) is 2.06. The number of hydrogen-bond donors (Lipinski definition) is 0. The van der Waals surface area contributed by atoms with Crippen LogP contribution in [0.25, 0.3) is 0 Å². The summed E-state index contributed by atoms with van der Waals surface area (Å²) in [5.41, 5.74) is 2.13. The van der Waals surface area contributed by atoms with Gasteiger partial charge in [0, 0.05) is 12.3 Å². The maximum Gasteiger partial charge on any atom is 0.162 e. The van der Waals surface area contributed by atoms with Crippen LogP contribution in [0, 0.1) is 5.92 Å². The van der Waals surface area contributed by atoms with Crippen molar-refractivity contribution in [2.24, 2.45) is 5.92 Å². The highest BCUT2D eigenvalue weighted by atomic mass is 16.1. The molecule has 0 aromatic carbocycles. The Balaban J connectivity index is 2.70. The number of carbonyl (C=O) groups is 2. The Kier molecular flexibility index (Phi) is 3.02. The lowest BCUT2D eigenvalue weighted by Gasteiger charge is -2.05. The van der Waals surface area contributed by atoms with Crippen LogP contribution in [0.3, 0.4) is 0 Å². The molecular weight excluding hydrogens is 164 g/mol. The fourth-order valence-electron chi connectivity index (χ4n) is 2.03. The first-order valence-electron chi connectivity index (χ1n) is 4.78. The van der Waals surface area contributed by atoms with E-state index in [0.29, 0.717) is 6.42 Å². The van der Waals surface area contributed by atoms with Gasteiger partial charge in [-0.3, -0.25) is 4.79 Å². The van der Waals surface area contributed by atoms with Crippen molar-refractivity contribution in [1.82, 2.24) is 0 Å². The highest BCUT2D eigenvalue weighted by Gasteiger charge is 2.30. The van der Waals surface area contributed by atoms with Gasteiger partial charge in [-0.2, -0.15) is 0 Å². The van der Waals surface area contributed by atoms with E-state index in [1.54, 1.807) is 6.92 Å². The molecule has 0 bridgehead atoms. The van der Waals surface area contributed by atoms with Crippen molar-refractivity contribution < 1.29 is 9.59 Å². The largest absolute Gasteiger partial charge is 0.300 e. The van der Waals surface area contributed by atoms with Crippen LogP contribution >= 0.6 is 0 Å². The van der Waals surface area contributed by atoms with Crippen molar-refractivity contribution in [1.29, 1.82) is 0 Å². The Morgan fingerprint density at radius 3 is 2.54 bits per heavy atom. The lowest BCUT2D eigenvalue weighted by Crippen LogP contribution is -2.13. The van der Waals surface area contributed by atoms with Crippen molar-refractivity contribution in [3.63, 3.8) is 0 Å². The number of rotatable bonds is 3. The van der Waals surface area contributed by atoms with Gasteiger partial charge in [0.05, 0.1) is 0 Å². The van der Waals surface area contributed by atoms with Crippen molar-refractivity contribution in [3.05, 3.63) is 11.1 Å². The highest BCUT2D eigenvalue weighted by Crippen LogP contribution is 2.31. The first-order chi connectivity index (χ1) is 6.06. The van der Waals surface area contributed by atoms with Gasteiger partial charge < -0.3 is 4.79 Å². The van der Waals surface area contributed by atoms with Gasteiger partial charge >= 0.3 is 0 Å². The Morgan fingerprint density at radius 2 is 2.15 bits per heavy atom. The zero-order valence-corrected chi connectivity index (χ0v) is 8.52. The quantitative estimate of drug-likeness (QED) is 0.667. The number of hydrogen-bond acceptors (Lipinski definition) is 2. The summed E-state index contributed by atoms with van der Waals surface area (Å²) in [6.45, 7) is 5.54. The predicted molar refractivity (Wildman–Crippen MR) is 51.4 cm³/mol. The Hall–Kier alpha value is -0.920. The molecule has 1 aliphatic rings. The lowest BCUT2D eigenvalue weighted by atomic mass is 9.97. The van der Waals surface area contributed by atoms with Crippen LogP contribution in [0.15, 0.2) is 11.1 Å². The van der Waals surface area contributed by atoms with E-state index in [1.165, 1.54) is 5.57 Å². The second-order valence-corrected chi connectivity index (χ2v) is 3.78. The Labute approximate surface area is 79.0 Å². The molecule has 0 spiro atoms. The van der Waals surface area contributed by atoms with Crippen LogP contribution in [-0.4, -0.2) is 11.6 Å². The summed E-state index contributed by atoms with van der Waals surface area (Å²) < 4.78 is 0. The van der Waals surface area contributed by atoms with Crippen molar-refractivity contribution in [2.75, 3.05) is 0 Å². The molecule has 0 saturated heterocycles. The number of ketones is 2. The van der Waals surface area contributed by atoms with E-state index in [0.717, 1.165) is 18.4 Å². The van der Waals surface area contributed by atoms with Crippen molar-refractivity contribution in [2.45, 2.75) is 40.0 Å².